The van der Waals surface area contributed by atoms with Gasteiger partial charge in [-0.05, 0) is 0 Å². The zero-order valence-electron chi connectivity index (χ0n) is 4.33. The Bertz CT molecular complexity index is 121. The topological polar surface area (TPSA) is 38.7 Å². The summed E-state index contributed by atoms with van der Waals surface area (Å²) in [5, 5.41) is 0. The van der Waals surface area contributed by atoms with E-state index in [-0.39, 0.29) is 0 Å². The van der Waals surface area contributed by atoms with Gasteiger partial charge in [0, 0.05) is 0 Å². The molecule has 0 atom stereocenters. The lowest BCUT2D eigenvalue weighted by Crippen LogP contribution is -2.00. The lowest BCUT2D eigenvalue weighted by atomic mass is 10.7. The van der Waals surface area contributed by atoms with Gasteiger partial charge in [-0.2, -0.15) is 0 Å². The molecule has 0 bridgehead atoms. The van der Waals surface area contributed by atoms with Crippen molar-refractivity contribution in [2.24, 2.45) is 4.99 Å². The van der Waals surface area contributed by atoms with E-state index in [0.29, 0.717) is 0 Å². The van der Waals surface area contributed by atoms with Gasteiger partial charge in [-0.3, -0.25) is 0 Å². The highest BCUT2D eigenvalue weighted by Gasteiger charge is 1.87. The number of methoxy groups -OCH3 is 1. The van der Waals surface area contributed by atoms with Crippen LogP contribution in [0, 0.1) is 0 Å². The van der Waals surface area contributed by atoms with E-state index in [9.17, 15) is 4.79 Å². The Balaban J connectivity index is 3.52. The predicted octanol–water partition coefficient (Wildman–Crippen LogP) is 0.187. The minimum absolute atomic E-state index is 0.494. The first-order valence-corrected chi connectivity index (χ1v) is 2.33. The Hall–Kier alpha value is -0.770. The highest BCUT2D eigenvalue weighted by Crippen LogP contribution is 1.65. The molecule has 8 heavy (non-hydrogen) atoms. The normalized spacial score (nSPS) is 9.12. The van der Waals surface area contributed by atoms with Gasteiger partial charge in [-0.15, -0.1) is 0 Å². The van der Waals surface area contributed by atoms with Gasteiger partial charge in [0.15, 0.2) is 0 Å². The van der Waals surface area contributed by atoms with Crippen LogP contribution in [0.5, 0.6) is 0 Å². The number of rotatable bonds is 2. The van der Waals surface area contributed by atoms with Gasteiger partial charge in [-0.25, -0.2) is 9.79 Å². The fraction of sp³-hybridized carbons (Fsp3) is 0.250. The molecular formula is C4H5NO2S. The van der Waals surface area contributed by atoms with Crippen molar-refractivity contribution in [2.45, 2.75) is 0 Å². The molecule has 4 heteroatoms. The molecule has 0 radical (unpaired) electrons. The third kappa shape index (κ3) is 3.42. The van der Waals surface area contributed by atoms with E-state index in [2.05, 4.69) is 21.9 Å². The first-order chi connectivity index (χ1) is 3.81. The monoisotopic (exact) mass is 131 g/mol. The molecule has 0 saturated carbocycles. The minimum Gasteiger partial charge on any atom is -0.465 e. The number of nitrogens with zero attached hydrogens (tertiary/aromatic N) is 1. The Morgan fingerprint density at radius 3 is 2.88 bits per heavy atom. The molecule has 3 nitrogen and oxygen atoms in total. The predicted molar refractivity (Wildman–Crippen MR) is 34.2 cm³/mol. The molecule has 0 spiro atoms. The fourth-order valence-corrected chi connectivity index (χ4v) is 0.205. The van der Waals surface area contributed by atoms with E-state index in [1.165, 1.54) is 7.11 Å². The van der Waals surface area contributed by atoms with Crippen LogP contribution in [0.2, 0.25) is 0 Å². The molecule has 0 aromatic heterocycles. The van der Waals surface area contributed by atoms with Crippen molar-refractivity contribution in [3.8, 4) is 0 Å². The Kier molecular flexibility index (Phi) is 3.97. The van der Waals surface area contributed by atoms with Gasteiger partial charge in [0.1, 0.15) is 6.21 Å². The van der Waals surface area contributed by atoms with Crippen molar-refractivity contribution in [3.05, 3.63) is 0 Å². The quantitative estimate of drug-likeness (QED) is 0.305. The second kappa shape index (κ2) is 4.39. The molecule has 0 amide bonds. The first kappa shape index (κ1) is 7.23. The summed E-state index contributed by atoms with van der Waals surface area (Å²) in [6, 6.07) is 0. The van der Waals surface area contributed by atoms with Gasteiger partial charge in [0.25, 0.3) is 0 Å². The smallest absolute Gasteiger partial charge is 0.349 e. The number of hydrogen-bond donors (Lipinski definition) is 0. The molecule has 0 N–H and O–H groups in total. The highest BCUT2D eigenvalue weighted by atomic mass is 32.1. The second-order valence-electron chi connectivity index (χ2n) is 0.907. The summed E-state index contributed by atoms with van der Waals surface area (Å²) in [6.07, 6.45) is 1.01. The van der Waals surface area contributed by atoms with Crippen LogP contribution in [0.4, 0.5) is 0 Å². The third-order valence-corrected chi connectivity index (χ3v) is 0.564. The summed E-state index contributed by atoms with van der Waals surface area (Å²) in [5.74, 6) is -0.494. The van der Waals surface area contributed by atoms with Crippen molar-refractivity contribution in [1.29, 1.82) is 0 Å². The van der Waals surface area contributed by atoms with Crippen LogP contribution in [0.3, 0.4) is 0 Å². The first-order valence-electron chi connectivity index (χ1n) is 1.86. The van der Waals surface area contributed by atoms with Crippen LogP contribution < -0.4 is 0 Å². The largest absolute Gasteiger partial charge is 0.465 e. The summed E-state index contributed by atoms with van der Waals surface area (Å²) >= 11 is 4.29. The van der Waals surface area contributed by atoms with Crippen LogP contribution in [0.25, 0.3) is 0 Å². The average Bonchev–Trinajstić information content (AvgIpc) is 1.83. The third-order valence-electron chi connectivity index (χ3n) is 0.442. The molecule has 0 saturated heterocycles. The van der Waals surface area contributed by atoms with Crippen LogP contribution in [-0.2, 0) is 9.53 Å². The van der Waals surface area contributed by atoms with Crippen LogP contribution in [-0.4, -0.2) is 24.8 Å². The van der Waals surface area contributed by atoms with Crippen LogP contribution in [0.15, 0.2) is 4.99 Å². The van der Waals surface area contributed by atoms with E-state index >= 15 is 0 Å². The van der Waals surface area contributed by atoms with E-state index in [1.807, 2.05) is 0 Å². The number of carbonyl (C=O) groups is 1. The maximum absolute atomic E-state index is 10.1. The molecule has 0 aliphatic carbocycles. The van der Waals surface area contributed by atoms with Crippen molar-refractivity contribution in [2.75, 3.05) is 7.11 Å². The molecule has 0 aromatic rings. The van der Waals surface area contributed by atoms with Crippen molar-refractivity contribution in [1.82, 2.24) is 0 Å². The summed E-state index contributed by atoms with van der Waals surface area (Å²) in [7, 11) is 1.28. The number of aliphatic imine (C=N–C) groups is 1. The number of thiocarbonyl (C=S) groups is 1. The van der Waals surface area contributed by atoms with Crippen LogP contribution in [0.1, 0.15) is 0 Å². The van der Waals surface area contributed by atoms with Crippen LogP contribution >= 0.6 is 12.2 Å². The van der Waals surface area contributed by atoms with E-state index < -0.39 is 5.97 Å². The number of carbonyl (C=O) groups excluding carboxylic acids is 1. The van der Waals surface area contributed by atoms with Gasteiger partial charge in [-0.1, -0.05) is 12.2 Å². The van der Waals surface area contributed by atoms with Crippen molar-refractivity contribution in [3.63, 3.8) is 0 Å². The van der Waals surface area contributed by atoms with Crippen molar-refractivity contribution >= 4 is 29.9 Å². The lowest BCUT2D eigenvalue weighted by molar-refractivity contribution is -0.132. The molecular weight excluding hydrogens is 126 g/mol. The standard InChI is InChI=1S/C4H5NO2S/c1-7-4(6)2-5-3-8/h2-3H,1H3. The molecule has 0 fully saturated rings. The molecule has 44 valence electrons. The fourth-order valence-electron chi connectivity index (χ4n) is 0.144. The molecule has 0 aliphatic heterocycles. The SMILES string of the molecule is COC(=O)C=NC=S. The number of esters is 1. The summed E-state index contributed by atoms with van der Waals surface area (Å²) in [4.78, 5) is 13.5. The van der Waals surface area contributed by atoms with Gasteiger partial charge in [0.2, 0.25) is 0 Å². The van der Waals surface area contributed by atoms with Gasteiger partial charge >= 0.3 is 5.97 Å². The van der Waals surface area contributed by atoms with Gasteiger partial charge in [0.05, 0.1) is 12.6 Å². The Morgan fingerprint density at radius 2 is 2.50 bits per heavy atom. The molecule has 0 aromatic carbocycles. The Labute approximate surface area is 52.4 Å². The average molecular weight is 131 g/mol. The zero-order valence-corrected chi connectivity index (χ0v) is 5.14. The molecule has 0 rings (SSSR count). The maximum Gasteiger partial charge on any atom is 0.349 e. The van der Waals surface area contributed by atoms with E-state index in [4.69, 9.17) is 0 Å². The van der Waals surface area contributed by atoms with Gasteiger partial charge < -0.3 is 4.74 Å². The Morgan fingerprint density at radius 1 is 1.88 bits per heavy atom. The summed E-state index contributed by atoms with van der Waals surface area (Å²) in [6.45, 7) is 0. The molecule has 0 aliphatic rings. The lowest BCUT2D eigenvalue weighted by Gasteiger charge is -1.84. The zero-order chi connectivity index (χ0) is 6.41. The van der Waals surface area contributed by atoms with Crippen molar-refractivity contribution < 1.29 is 9.53 Å². The maximum atomic E-state index is 10.1. The summed E-state index contributed by atoms with van der Waals surface area (Å²) in [5.41, 5.74) is 1.09. The number of ether oxygens (including phenoxy) is 1. The molecule has 0 unspecified atom stereocenters. The minimum atomic E-state index is -0.494. The number of hydrogen-bond acceptors (Lipinski definition) is 3. The summed E-state index contributed by atoms with van der Waals surface area (Å²) < 4.78 is 4.20. The highest BCUT2D eigenvalue weighted by molar-refractivity contribution is 7.78. The van der Waals surface area contributed by atoms with E-state index in [0.717, 1.165) is 11.7 Å². The van der Waals surface area contributed by atoms with E-state index in [1.54, 1.807) is 0 Å². The molecule has 0 heterocycles. The second-order valence-corrected chi connectivity index (χ2v) is 1.12.